The Labute approximate surface area is 158 Å². The Kier molecular flexibility index (Phi) is 4.72. The molecule has 2 atom stereocenters. The number of hydrogen-bond acceptors (Lipinski definition) is 3. The van der Waals surface area contributed by atoms with Gasteiger partial charge in [-0.25, -0.2) is 4.39 Å². The second kappa shape index (κ2) is 7.04. The Morgan fingerprint density at radius 2 is 2.00 bits per heavy atom. The lowest BCUT2D eigenvalue weighted by atomic mass is 9.82. The van der Waals surface area contributed by atoms with Gasteiger partial charge in [-0.05, 0) is 61.9 Å². The van der Waals surface area contributed by atoms with E-state index in [1.54, 1.807) is 0 Å². The van der Waals surface area contributed by atoms with E-state index in [4.69, 9.17) is 4.98 Å². The fourth-order valence-corrected chi connectivity index (χ4v) is 4.13. The molecule has 2 unspecified atom stereocenters. The second-order valence-corrected chi connectivity index (χ2v) is 7.89. The number of aliphatic hydroxyl groups excluding tert-OH is 1. The number of amides is 1. The van der Waals surface area contributed by atoms with E-state index in [2.05, 4.69) is 12.2 Å². The minimum Gasteiger partial charge on any atom is -0.388 e. The fourth-order valence-electron chi connectivity index (χ4n) is 4.13. The van der Waals surface area contributed by atoms with Gasteiger partial charge in [-0.3, -0.25) is 9.78 Å². The van der Waals surface area contributed by atoms with Gasteiger partial charge in [-0.2, -0.15) is 0 Å². The van der Waals surface area contributed by atoms with Crippen molar-refractivity contribution in [2.75, 3.05) is 0 Å². The van der Waals surface area contributed by atoms with Crippen LogP contribution in [0.4, 0.5) is 4.39 Å². The number of nitrogens with zero attached hydrogens (tertiary/aromatic N) is 1. The van der Waals surface area contributed by atoms with Crippen molar-refractivity contribution >= 4 is 5.91 Å². The number of hydrogen-bond donors (Lipinski definition) is 2. The van der Waals surface area contributed by atoms with Gasteiger partial charge in [-0.1, -0.05) is 25.8 Å². The normalized spacial score (nSPS) is 22.8. The van der Waals surface area contributed by atoms with Gasteiger partial charge in [0.15, 0.2) is 0 Å². The number of fused-ring (bicyclic) bond motifs is 1. The summed E-state index contributed by atoms with van der Waals surface area (Å²) >= 11 is 0. The first-order valence-electron chi connectivity index (χ1n) is 9.77. The maximum absolute atomic E-state index is 13.1. The molecular weight excluding hydrogens is 343 g/mol. The van der Waals surface area contributed by atoms with Crippen molar-refractivity contribution in [3.05, 3.63) is 64.7 Å². The van der Waals surface area contributed by atoms with Crippen LogP contribution < -0.4 is 5.32 Å². The third-order valence-electron chi connectivity index (χ3n) is 5.80. The molecule has 1 aromatic heterocycles. The van der Waals surface area contributed by atoms with Crippen LogP contribution in [-0.4, -0.2) is 16.0 Å². The van der Waals surface area contributed by atoms with Gasteiger partial charge in [-0.15, -0.1) is 0 Å². The van der Waals surface area contributed by atoms with Crippen molar-refractivity contribution in [1.29, 1.82) is 0 Å². The van der Waals surface area contributed by atoms with Gasteiger partial charge in [0, 0.05) is 16.8 Å². The first-order valence-corrected chi connectivity index (χ1v) is 9.77. The highest BCUT2D eigenvalue weighted by molar-refractivity contribution is 5.95. The maximum Gasteiger partial charge on any atom is 0.252 e. The lowest BCUT2D eigenvalue weighted by Gasteiger charge is -2.29. The van der Waals surface area contributed by atoms with Gasteiger partial charge in [0.25, 0.3) is 5.91 Å². The highest BCUT2D eigenvalue weighted by Gasteiger charge is 2.47. The molecule has 4 rings (SSSR count). The molecule has 1 amide bonds. The predicted molar refractivity (Wildman–Crippen MR) is 101 cm³/mol. The summed E-state index contributed by atoms with van der Waals surface area (Å²) in [5.41, 5.74) is 2.75. The van der Waals surface area contributed by atoms with Crippen molar-refractivity contribution in [1.82, 2.24) is 10.3 Å². The van der Waals surface area contributed by atoms with Crippen molar-refractivity contribution in [2.24, 2.45) is 5.92 Å². The highest BCUT2D eigenvalue weighted by atomic mass is 19.1. The van der Waals surface area contributed by atoms with E-state index in [1.807, 2.05) is 12.1 Å². The molecule has 27 heavy (non-hydrogen) atoms. The number of aromatic nitrogens is 1. The van der Waals surface area contributed by atoms with Gasteiger partial charge in [0.05, 0.1) is 17.3 Å². The average Bonchev–Trinajstić information content (AvgIpc) is 3.43. The summed E-state index contributed by atoms with van der Waals surface area (Å²) in [5, 5.41) is 13.5. The van der Waals surface area contributed by atoms with Gasteiger partial charge < -0.3 is 10.4 Å². The van der Waals surface area contributed by atoms with Crippen LogP contribution >= 0.6 is 0 Å². The van der Waals surface area contributed by atoms with Gasteiger partial charge in [0.1, 0.15) is 5.82 Å². The van der Waals surface area contributed by atoms with Crippen LogP contribution in [0.15, 0.2) is 36.4 Å². The second-order valence-electron chi connectivity index (χ2n) is 7.89. The molecule has 2 aromatic rings. The smallest absolute Gasteiger partial charge is 0.252 e. The van der Waals surface area contributed by atoms with Crippen LogP contribution in [-0.2, 0) is 12.0 Å². The van der Waals surface area contributed by atoms with Crippen LogP contribution in [0.2, 0.25) is 0 Å². The molecule has 5 heteroatoms. The Morgan fingerprint density at radius 3 is 2.67 bits per heavy atom. The van der Waals surface area contributed by atoms with Crippen LogP contribution in [0.25, 0.3) is 0 Å². The molecule has 1 aromatic carbocycles. The number of carbonyl (C=O) groups excluding carboxylic acids is 1. The summed E-state index contributed by atoms with van der Waals surface area (Å²) in [6, 6.07) is 9.47. The zero-order valence-electron chi connectivity index (χ0n) is 15.5. The van der Waals surface area contributed by atoms with Crippen LogP contribution in [0.1, 0.15) is 72.4 Å². The molecule has 0 bridgehead atoms. The van der Waals surface area contributed by atoms with Crippen LogP contribution in [0, 0.1) is 11.7 Å². The number of carbonyl (C=O) groups is 1. The van der Waals surface area contributed by atoms with Gasteiger partial charge >= 0.3 is 0 Å². The predicted octanol–water partition coefficient (Wildman–Crippen LogP) is 4.04. The Balaban J connectivity index is 1.55. The maximum atomic E-state index is 13.1. The molecule has 2 N–H and O–H groups in total. The summed E-state index contributed by atoms with van der Waals surface area (Å²) < 4.78 is 13.1. The van der Waals surface area contributed by atoms with E-state index in [0.717, 1.165) is 55.5 Å². The number of nitrogens with one attached hydrogen (secondary N) is 1. The molecule has 2 aliphatic carbocycles. The minimum atomic E-state index is -0.448. The third kappa shape index (κ3) is 3.61. The number of benzene rings is 1. The molecule has 1 saturated carbocycles. The first kappa shape index (κ1) is 18.1. The minimum absolute atomic E-state index is 0.212. The fraction of sp³-hybridized carbons (Fsp3) is 0.455. The topological polar surface area (TPSA) is 62.2 Å². The van der Waals surface area contributed by atoms with Crippen molar-refractivity contribution in [3.8, 4) is 0 Å². The molecule has 4 nitrogen and oxygen atoms in total. The van der Waals surface area contributed by atoms with E-state index < -0.39 is 11.6 Å². The summed E-state index contributed by atoms with van der Waals surface area (Å²) in [7, 11) is 0. The molecule has 1 fully saturated rings. The zero-order chi connectivity index (χ0) is 19.0. The lowest BCUT2D eigenvalue weighted by Crippen LogP contribution is -2.36. The van der Waals surface area contributed by atoms with E-state index in [0.29, 0.717) is 11.5 Å². The standard InChI is InChI=1S/C22H25FN2O2/c1-2-3-14-12-18-17(19(26)13-14)8-9-20(24-18)22(10-11-22)25-21(27)15-4-6-16(23)7-5-15/h4-9,14,19,26H,2-3,10-13H2,1H3,(H,25,27). The molecule has 142 valence electrons. The van der Waals surface area contributed by atoms with E-state index in [-0.39, 0.29) is 11.7 Å². The molecule has 1 heterocycles. The van der Waals surface area contributed by atoms with Crippen molar-refractivity contribution in [2.45, 2.75) is 57.1 Å². The monoisotopic (exact) mass is 368 g/mol. The number of rotatable bonds is 5. The quantitative estimate of drug-likeness (QED) is 0.837. The Hall–Kier alpha value is -2.27. The van der Waals surface area contributed by atoms with E-state index in [1.165, 1.54) is 24.3 Å². The molecular formula is C22H25FN2O2. The molecule has 0 spiro atoms. The van der Waals surface area contributed by atoms with Crippen molar-refractivity contribution in [3.63, 3.8) is 0 Å². The molecule has 2 aliphatic rings. The average molecular weight is 368 g/mol. The Bertz CT molecular complexity index is 846. The van der Waals surface area contributed by atoms with Crippen LogP contribution in [0.3, 0.4) is 0 Å². The first-order chi connectivity index (χ1) is 13.0. The molecule has 0 saturated heterocycles. The third-order valence-corrected chi connectivity index (χ3v) is 5.80. The highest BCUT2D eigenvalue weighted by Crippen LogP contribution is 2.46. The van der Waals surface area contributed by atoms with Crippen LogP contribution in [0.5, 0.6) is 0 Å². The van der Waals surface area contributed by atoms with Crippen molar-refractivity contribution < 1.29 is 14.3 Å². The Morgan fingerprint density at radius 1 is 1.26 bits per heavy atom. The van der Waals surface area contributed by atoms with Gasteiger partial charge in [0.2, 0.25) is 0 Å². The van der Waals surface area contributed by atoms with E-state index >= 15 is 0 Å². The SMILES string of the molecule is CCCC1Cc2nc(C3(NC(=O)c4ccc(F)cc4)CC3)ccc2C(O)C1. The van der Waals surface area contributed by atoms with E-state index in [9.17, 15) is 14.3 Å². The molecule has 0 radical (unpaired) electrons. The number of halogens is 1. The number of pyridine rings is 1. The summed E-state index contributed by atoms with van der Waals surface area (Å²) in [5.74, 6) is -0.107. The lowest BCUT2D eigenvalue weighted by molar-refractivity contribution is 0.0929. The zero-order valence-corrected chi connectivity index (χ0v) is 15.5. The summed E-state index contributed by atoms with van der Waals surface area (Å²) in [4.78, 5) is 17.4. The largest absolute Gasteiger partial charge is 0.388 e. The molecule has 0 aliphatic heterocycles. The summed E-state index contributed by atoms with van der Waals surface area (Å²) in [6.07, 6.45) is 5.11. The number of aliphatic hydroxyl groups is 1. The summed E-state index contributed by atoms with van der Waals surface area (Å²) in [6.45, 7) is 2.16.